The molecule has 0 fully saturated rings. The molecule has 0 unspecified atom stereocenters. The molecule has 0 radical (unpaired) electrons. The number of carbonyl (C=O) groups is 2. The van der Waals surface area contributed by atoms with Gasteiger partial charge in [0.15, 0.2) is 11.5 Å². The van der Waals surface area contributed by atoms with Crippen LogP contribution in [0.4, 0.5) is 0 Å². The molecule has 6 heteroatoms. The Labute approximate surface area is 121 Å². The Morgan fingerprint density at radius 1 is 1.33 bits per heavy atom. The number of hydrogen-bond donors (Lipinski definition) is 0. The molecule has 2 aliphatic heterocycles. The molecule has 0 bridgehead atoms. The van der Waals surface area contributed by atoms with Gasteiger partial charge in [-0.15, -0.1) is 0 Å². The highest BCUT2D eigenvalue weighted by atomic mass is 16.7. The second-order valence-corrected chi connectivity index (χ2v) is 5.06. The van der Waals surface area contributed by atoms with E-state index < -0.39 is 29.3 Å². The molecule has 0 aromatic heterocycles. The van der Waals surface area contributed by atoms with Crippen molar-refractivity contribution in [1.82, 2.24) is 0 Å². The quantitative estimate of drug-likeness (QED) is 0.606. The van der Waals surface area contributed by atoms with Gasteiger partial charge in [0, 0.05) is 12.1 Å². The molecule has 3 atom stereocenters. The summed E-state index contributed by atoms with van der Waals surface area (Å²) in [5, 5.41) is 3.77. The molecular formula is C15H14N2O4. The van der Waals surface area contributed by atoms with Crippen molar-refractivity contribution in [3.63, 3.8) is 0 Å². The highest BCUT2D eigenvalue weighted by Crippen LogP contribution is 2.47. The van der Waals surface area contributed by atoms with Gasteiger partial charge in [0.2, 0.25) is 0 Å². The molecule has 1 aromatic carbocycles. The van der Waals surface area contributed by atoms with Gasteiger partial charge in [0.05, 0.1) is 12.8 Å². The fraction of sp³-hybridized carbons (Fsp3) is 0.333. The molecule has 6 nitrogen and oxygen atoms in total. The zero-order valence-corrected chi connectivity index (χ0v) is 11.6. The van der Waals surface area contributed by atoms with Gasteiger partial charge < -0.3 is 9.57 Å². The van der Waals surface area contributed by atoms with Crippen LogP contribution in [0.2, 0.25) is 0 Å². The Kier molecular flexibility index (Phi) is 3.08. The maximum atomic E-state index is 12.3. The fourth-order valence-corrected chi connectivity index (χ4v) is 2.94. The fourth-order valence-electron chi connectivity index (χ4n) is 2.94. The summed E-state index contributed by atoms with van der Waals surface area (Å²) in [6.07, 6.45) is 1.47. The topological polar surface area (TPSA) is 77.3 Å². The van der Waals surface area contributed by atoms with Gasteiger partial charge in [0.1, 0.15) is 0 Å². The maximum absolute atomic E-state index is 12.3. The minimum absolute atomic E-state index is 0.482. The van der Waals surface area contributed by atoms with Gasteiger partial charge in [-0.25, -0.2) is 9.59 Å². The number of methoxy groups -OCH3 is 1. The third-order valence-corrected chi connectivity index (χ3v) is 4.05. The van der Waals surface area contributed by atoms with E-state index in [-0.39, 0.29) is 0 Å². The number of rotatable bonds is 2. The van der Waals surface area contributed by atoms with Crippen molar-refractivity contribution in [1.29, 1.82) is 0 Å². The number of ether oxygens (including phenoxy) is 1. The number of nitrogens with zero attached hydrogens (tertiary/aromatic N) is 2. The van der Waals surface area contributed by atoms with Crippen LogP contribution in [0.1, 0.15) is 18.4 Å². The van der Waals surface area contributed by atoms with E-state index in [0.29, 0.717) is 5.71 Å². The van der Waals surface area contributed by atoms with Gasteiger partial charge in [-0.2, -0.15) is 0 Å². The number of benzene rings is 1. The third-order valence-electron chi connectivity index (χ3n) is 4.05. The number of carbonyl (C=O) groups excluding carboxylic acids is 2. The van der Waals surface area contributed by atoms with Crippen LogP contribution in [-0.4, -0.2) is 37.0 Å². The van der Waals surface area contributed by atoms with E-state index in [9.17, 15) is 9.59 Å². The number of esters is 1. The van der Waals surface area contributed by atoms with Crippen molar-refractivity contribution >= 4 is 23.9 Å². The first-order valence-electron chi connectivity index (χ1n) is 6.55. The van der Waals surface area contributed by atoms with Crippen LogP contribution < -0.4 is 0 Å². The summed E-state index contributed by atoms with van der Waals surface area (Å²) < 4.78 is 4.81. The molecule has 3 rings (SSSR count). The van der Waals surface area contributed by atoms with Gasteiger partial charge in [-0.05, 0) is 12.5 Å². The molecule has 0 saturated heterocycles. The monoisotopic (exact) mass is 286 g/mol. The second kappa shape index (κ2) is 4.80. The van der Waals surface area contributed by atoms with Crippen LogP contribution >= 0.6 is 0 Å². The summed E-state index contributed by atoms with van der Waals surface area (Å²) in [6, 6.07) is 8.50. The summed E-state index contributed by atoms with van der Waals surface area (Å²) in [7, 11) is 1.30. The standard InChI is InChI=1S/C15H14N2O4/c1-9-15(14(19)21-17-9)8-16-12(13(18)20-2)11(15)10-6-4-3-5-7-10/h3-8,11-12H,1-2H3/t11-,12+,15-/m0/s1. The van der Waals surface area contributed by atoms with Crippen molar-refractivity contribution in [3.8, 4) is 0 Å². The highest BCUT2D eigenvalue weighted by Gasteiger charge is 2.60. The van der Waals surface area contributed by atoms with E-state index in [0.717, 1.165) is 5.56 Å². The van der Waals surface area contributed by atoms with Crippen LogP contribution in [0.5, 0.6) is 0 Å². The Morgan fingerprint density at radius 2 is 2.05 bits per heavy atom. The van der Waals surface area contributed by atoms with Crippen molar-refractivity contribution in [2.45, 2.75) is 18.9 Å². The molecule has 2 heterocycles. The predicted molar refractivity (Wildman–Crippen MR) is 75.1 cm³/mol. The minimum atomic E-state index is -1.12. The molecule has 0 amide bonds. The van der Waals surface area contributed by atoms with Crippen molar-refractivity contribution < 1.29 is 19.2 Å². The third kappa shape index (κ3) is 1.79. The van der Waals surface area contributed by atoms with E-state index in [4.69, 9.17) is 9.57 Å². The molecule has 0 aliphatic carbocycles. The smallest absolute Gasteiger partial charge is 0.352 e. The van der Waals surface area contributed by atoms with Gasteiger partial charge in [0.25, 0.3) is 0 Å². The van der Waals surface area contributed by atoms with Crippen LogP contribution in [0.25, 0.3) is 0 Å². The predicted octanol–water partition coefficient (Wildman–Crippen LogP) is 1.32. The van der Waals surface area contributed by atoms with Crippen LogP contribution in [0.3, 0.4) is 0 Å². The van der Waals surface area contributed by atoms with E-state index in [1.54, 1.807) is 6.92 Å². The number of oxime groups is 1. The molecule has 0 N–H and O–H groups in total. The Bertz CT molecular complexity index is 653. The summed E-state index contributed by atoms with van der Waals surface area (Å²) in [5.74, 6) is -1.50. The van der Waals surface area contributed by atoms with Gasteiger partial charge in [-0.1, -0.05) is 35.5 Å². The molecular weight excluding hydrogens is 272 g/mol. The maximum Gasteiger partial charge on any atom is 0.352 e. The number of hydrogen-bond acceptors (Lipinski definition) is 6. The van der Waals surface area contributed by atoms with Gasteiger partial charge in [-0.3, -0.25) is 4.99 Å². The summed E-state index contributed by atoms with van der Waals surface area (Å²) in [6.45, 7) is 1.70. The molecule has 0 saturated carbocycles. The Balaban J connectivity index is 2.14. The lowest BCUT2D eigenvalue weighted by atomic mass is 9.69. The lowest BCUT2D eigenvalue weighted by Gasteiger charge is -2.28. The molecule has 108 valence electrons. The zero-order chi connectivity index (χ0) is 15.0. The van der Waals surface area contributed by atoms with Crippen molar-refractivity contribution in [3.05, 3.63) is 35.9 Å². The molecule has 1 aromatic rings. The van der Waals surface area contributed by atoms with Crippen LogP contribution in [-0.2, 0) is 19.2 Å². The van der Waals surface area contributed by atoms with Crippen LogP contribution in [0.15, 0.2) is 40.5 Å². The van der Waals surface area contributed by atoms with E-state index in [1.165, 1.54) is 13.3 Å². The average molecular weight is 286 g/mol. The molecule has 1 spiro atoms. The first kappa shape index (κ1) is 13.5. The molecule has 2 aliphatic rings. The highest BCUT2D eigenvalue weighted by molar-refractivity contribution is 6.23. The summed E-state index contributed by atoms with van der Waals surface area (Å²) in [5.41, 5.74) is 0.190. The largest absolute Gasteiger partial charge is 0.467 e. The minimum Gasteiger partial charge on any atom is -0.467 e. The normalized spacial score (nSPS) is 30.4. The van der Waals surface area contributed by atoms with E-state index >= 15 is 0 Å². The first-order chi connectivity index (χ1) is 10.1. The van der Waals surface area contributed by atoms with Crippen LogP contribution in [0, 0.1) is 5.41 Å². The lowest BCUT2D eigenvalue weighted by Crippen LogP contribution is -2.43. The SMILES string of the molecule is COC(=O)[C@@H]1N=C[C@@]2(C(=O)ON=C2C)[C@H]1c1ccccc1. The summed E-state index contributed by atoms with van der Waals surface area (Å²) in [4.78, 5) is 33.3. The van der Waals surface area contributed by atoms with Gasteiger partial charge >= 0.3 is 11.9 Å². The molecule has 21 heavy (non-hydrogen) atoms. The Morgan fingerprint density at radius 3 is 2.62 bits per heavy atom. The average Bonchev–Trinajstić information content (AvgIpc) is 3.05. The summed E-state index contributed by atoms with van der Waals surface area (Å²) >= 11 is 0. The van der Waals surface area contributed by atoms with Crippen molar-refractivity contribution in [2.24, 2.45) is 15.6 Å². The zero-order valence-electron chi connectivity index (χ0n) is 11.6. The lowest BCUT2D eigenvalue weighted by molar-refractivity contribution is -0.147. The Hall–Kier alpha value is -2.50. The number of aliphatic imine (C=N–C) groups is 1. The van der Waals surface area contributed by atoms with E-state index in [1.807, 2.05) is 30.3 Å². The second-order valence-electron chi connectivity index (χ2n) is 5.06. The first-order valence-corrected chi connectivity index (χ1v) is 6.55. The van der Waals surface area contributed by atoms with Crippen molar-refractivity contribution in [2.75, 3.05) is 7.11 Å². The van der Waals surface area contributed by atoms with E-state index in [2.05, 4.69) is 10.1 Å².